The van der Waals surface area contributed by atoms with Gasteiger partial charge in [0.25, 0.3) is 0 Å². The third-order valence-corrected chi connectivity index (χ3v) is 2.90. The van der Waals surface area contributed by atoms with E-state index in [0.29, 0.717) is 6.42 Å². The Morgan fingerprint density at radius 3 is 2.93 bits per heavy atom. The molecule has 5 atom stereocenters. The second-order valence-electron chi connectivity index (χ2n) is 3.82. The fourth-order valence-electron chi connectivity index (χ4n) is 2.11. The van der Waals surface area contributed by atoms with Crippen LogP contribution in [-0.4, -0.2) is 41.7 Å². The molecule has 80 valence electrons. The second kappa shape index (κ2) is 3.40. The van der Waals surface area contributed by atoms with Crippen LogP contribution in [0.2, 0.25) is 0 Å². The Labute approximate surface area is 82.4 Å². The number of alkyl carbamates (subject to hydrolysis) is 1. The van der Waals surface area contributed by atoms with Gasteiger partial charge in [0.15, 0.2) is 6.10 Å². The first-order valence-corrected chi connectivity index (χ1v) is 4.94. The molecule has 5 heteroatoms. The average molecular weight is 201 g/mol. The Kier molecular flexibility index (Phi) is 2.36. The minimum Gasteiger partial charge on any atom is -0.441 e. The van der Waals surface area contributed by atoms with Gasteiger partial charge in [0, 0.05) is 0 Å². The highest BCUT2D eigenvalue weighted by molar-refractivity contribution is 5.70. The summed E-state index contributed by atoms with van der Waals surface area (Å²) in [6, 6.07) is -0.222. The minimum absolute atomic E-state index is 0.111. The van der Waals surface area contributed by atoms with E-state index in [1.165, 1.54) is 0 Å². The molecule has 2 aliphatic heterocycles. The minimum atomic E-state index is -0.722. The first-order valence-electron chi connectivity index (χ1n) is 4.94. The standard InChI is InChI=1S/C9H15NO4/c1-3-5-7(11)8-6(4(2)13-5)10-9(12)14-8/h4-8,11H,3H2,1-2H3,(H,10,12)/t4-,5?,6-,7-,8?/m0/s1. The van der Waals surface area contributed by atoms with Gasteiger partial charge in [0.2, 0.25) is 0 Å². The van der Waals surface area contributed by atoms with Crippen LogP contribution >= 0.6 is 0 Å². The molecule has 0 aromatic carbocycles. The molecule has 0 spiro atoms. The van der Waals surface area contributed by atoms with Crippen LogP contribution in [-0.2, 0) is 9.47 Å². The zero-order valence-electron chi connectivity index (χ0n) is 8.27. The topological polar surface area (TPSA) is 67.8 Å². The number of rotatable bonds is 1. The molecule has 0 aromatic heterocycles. The Morgan fingerprint density at radius 2 is 2.29 bits per heavy atom. The number of nitrogens with one attached hydrogen (secondary N) is 1. The van der Waals surface area contributed by atoms with Crippen molar-refractivity contribution in [3.05, 3.63) is 0 Å². The van der Waals surface area contributed by atoms with E-state index in [0.717, 1.165) is 0 Å². The van der Waals surface area contributed by atoms with Crippen LogP contribution < -0.4 is 5.32 Å². The molecule has 2 unspecified atom stereocenters. The lowest BCUT2D eigenvalue weighted by Crippen LogP contribution is -2.57. The molecule has 0 saturated carbocycles. The Morgan fingerprint density at radius 1 is 1.57 bits per heavy atom. The van der Waals surface area contributed by atoms with Gasteiger partial charge in [-0.2, -0.15) is 0 Å². The quantitative estimate of drug-likeness (QED) is 0.627. The molecular weight excluding hydrogens is 186 g/mol. The highest BCUT2D eigenvalue weighted by Gasteiger charge is 2.49. The molecule has 0 aliphatic carbocycles. The van der Waals surface area contributed by atoms with Crippen molar-refractivity contribution in [2.24, 2.45) is 0 Å². The van der Waals surface area contributed by atoms with Crippen molar-refractivity contribution < 1.29 is 19.4 Å². The Balaban J connectivity index is 2.15. The largest absolute Gasteiger partial charge is 0.441 e. The summed E-state index contributed by atoms with van der Waals surface area (Å²) in [6.45, 7) is 3.81. The predicted octanol–water partition coefficient (Wildman–Crippen LogP) is 0.0216. The maximum Gasteiger partial charge on any atom is 0.408 e. The van der Waals surface area contributed by atoms with Crippen molar-refractivity contribution in [3.63, 3.8) is 0 Å². The summed E-state index contributed by atoms with van der Waals surface area (Å²) in [5.41, 5.74) is 0. The number of ether oxygens (including phenoxy) is 2. The van der Waals surface area contributed by atoms with Crippen molar-refractivity contribution in [3.8, 4) is 0 Å². The molecule has 0 radical (unpaired) electrons. The summed E-state index contributed by atoms with van der Waals surface area (Å²) < 4.78 is 10.6. The number of fused-ring (bicyclic) bond motifs is 1. The highest BCUT2D eigenvalue weighted by Crippen LogP contribution is 2.28. The van der Waals surface area contributed by atoms with Crippen LogP contribution in [0.25, 0.3) is 0 Å². The molecule has 1 amide bonds. The van der Waals surface area contributed by atoms with Gasteiger partial charge in [-0.25, -0.2) is 4.79 Å². The van der Waals surface area contributed by atoms with Crippen molar-refractivity contribution in [1.82, 2.24) is 5.32 Å². The number of amides is 1. The molecule has 0 bridgehead atoms. The van der Waals surface area contributed by atoms with E-state index < -0.39 is 18.3 Å². The molecular formula is C9H15NO4. The number of carbonyl (C=O) groups excluding carboxylic acids is 1. The summed E-state index contributed by atoms with van der Waals surface area (Å²) in [5.74, 6) is 0. The van der Waals surface area contributed by atoms with E-state index in [-0.39, 0.29) is 18.2 Å². The Bertz CT molecular complexity index is 245. The van der Waals surface area contributed by atoms with Gasteiger partial charge < -0.3 is 19.9 Å². The number of hydrogen-bond acceptors (Lipinski definition) is 4. The molecule has 14 heavy (non-hydrogen) atoms. The van der Waals surface area contributed by atoms with Crippen LogP contribution in [0.1, 0.15) is 20.3 Å². The predicted molar refractivity (Wildman–Crippen MR) is 47.8 cm³/mol. The first kappa shape index (κ1) is 9.73. The van der Waals surface area contributed by atoms with E-state index in [1.54, 1.807) is 0 Å². The van der Waals surface area contributed by atoms with E-state index in [2.05, 4.69) is 5.32 Å². The number of aliphatic hydroxyl groups excluding tert-OH is 1. The lowest BCUT2D eigenvalue weighted by atomic mass is 9.93. The van der Waals surface area contributed by atoms with Crippen molar-refractivity contribution in [2.45, 2.75) is 50.7 Å². The molecule has 2 saturated heterocycles. The molecule has 2 heterocycles. The van der Waals surface area contributed by atoms with Crippen molar-refractivity contribution in [2.75, 3.05) is 0 Å². The lowest BCUT2D eigenvalue weighted by Gasteiger charge is -2.38. The molecule has 2 fully saturated rings. The summed E-state index contributed by atoms with van der Waals surface area (Å²) in [6.07, 6.45) is -1.28. The maximum atomic E-state index is 11.0. The summed E-state index contributed by atoms with van der Waals surface area (Å²) in [7, 11) is 0. The fraction of sp³-hybridized carbons (Fsp3) is 0.889. The third kappa shape index (κ3) is 1.36. The second-order valence-corrected chi connectivity index (χ2v) is 3.82. The van der Waals surface area contributed by atoms with E-state index in [1.807, 2.05) is 13.8 Å². The first-order chi connectivity index (χ1) is 6.63. The number of carbonyl (C=O) groups is 1. The monoisotopic (exact) mass is 201 g/mol. The van der Waals surface area contributed by atoms with Gasteiger partial charge in [0.05, 0.1) is 18.2 Å². The van der Waals surface area contributed by atoms with Crippen LogP contribution in [0.4, 0.5) is 4.79 Å². The van der Waals surface area contributed by atoms with Gasteiger partial charge in [-0.05, 0) is 13.3 Å². The SMILES string of the molecule is CCC1O[C@@H](C)[C@@H]2NC(=O)OC2[C@H]1O. The number of hydrogen-bond donors (Lipinski definition) is 2. The maximum absolute atomic E-state index is 11.0. The van der Waals surface area contributed by atoms with E-state index in [9.17, 15) is 9.90 Å². The molecule has 2 N–H and O–H groups in total. The summed E-state index contributed by atoms with van der Waals surface area (Å²) in [4.78, 5) is 11.0. The highest BCUT2D eigenvalue weighted by atomic mass is 16.6. The number of aliphatic hydroxyl groups is 1. The lowest BCUT2D eigenvalue weighted by molar-refractivity contribution is -0.161. The normalized spacial score (nSPS) is 46.8. The van der Waals surface area contributed by atoms with Gasteiger partial charge in [-0.1, -0.05) is 6.92 Å². The van der Waals surface area contributed by atoms with Crippen LogP contribution in [0.15, 0.2) is 0 Å². The van der Waals surface area contributed by atoms with E-state index in [4.69, 9.17) is 9.47 Å². The molecule has 5 nitrogen and oxygen atoms in total. The molecule has 0 aromatic rings. The van der Waals surface area contributed by atoms with Crippen LogP contribution in [0.3, 0.4) is 0 Å². The van der Waals surface area contributed by atoms with Crippen LogP contribution in [0, 0.1) is 0 Å². The van der Waals surface area contributed by atoms with E-state index >= 15 is 0 Å². The van der Waals surface area contributed by atoms with Gasteiger partial charge in [-0.15, -0.1) is 0 Å². The van der Waals surface area contributed by atoms with Gasteiger partial charge in [0.1, 0.15) is 6.10 Å². The molecule has 2 aliphatic rings. The third-order valence-electron chi connectivity index (χ3n) is 2.90. The molecule has 2 rings (SSSR count). The summed E-state index contributed by atoms with van der Waals surface area (Å²) in [5, 5.41) is 12.5. The smallest absolute Gasteiger partial charge is 0.408 e. The van der Waals surface area contributed by atoms with Gasteiger partial charge >= 0.3 is 6.09 Å². The van der Waals surface area contributed by atoms with Crippen molar-refractivity contribution >= 4 is 6.09 Å². The average Bonchev–Trinajstić information content (AvgIpc) is 2.54. The van der Waals surface area contributed by atoms with Gasteiger partial charge in [-0.3, -0.25) is 0 Å². The fourth-order valence-corrected chi connectivity index (χ4v) is 2.11. The van der Waals surface area contributed by atoms with Crippen LogP contribution in [0.5, 0.6) is 0 Å². The zero-order chi connectivity index (χ0) is 10.3. The zero-order valence-corrected chi connectivity index (χ0v) is 8.27. The Hall–Kier alpha value is -0.810. The summed E-state index contributed by atoms with van der Waals surface area (Å²) >= 11 is 0. The van der Waals surface area contributed by atoms with Crippen molar-refractivity contribution in [1.29, 1.82) is 0 Å².